The summed E-state index contributed by atoms with van der Waals surface area (Å²) in [6, 6.07) is 4.92. The van der Waals surface area contributed by atoms with Gasteiger partial charge in [-0.15, -0.1) is 0 Å². The van der Waals surface area contributed by atoms with Crippen LogP contribution in [0.25, 0.3) is 0 Å². The Morgan fingerprint density at radius 1 is 1.43 bits per heavy atom. The normalized spacial score (nSPS) is 11.0. The summed E-state index contributed by atoms with van der Waals surface area (Å²) in [5.74, 6) is 0.524. The molecule has 0 heterocycles. The zero-order chi connectivity index (χ0) is 10.8. The third-order valence-corrected chi connectivity index (χ3v) is 3.41. The van der Waals surface area contributed by atoms with Crippen molar-refractivity contribution in [3.63, 3.8) is 0 Å². The van der Waals surface area contributed by atoms with Gasteiger partial charge in [0.05, 0.1) is 12.0 Å². The largest absolute Gasteiger partial charge is 0.497 e. The van der Waals surface area contributed by atoms with Gasteiger partial charge in [-0.3, -0.25) is 0 Å². The number of ether oxygens (including phenoxy) is 1. The molecule has 14 heavy (non-hydrogen) atoms. The second kappa shape index (κ2) is 3.84. The van der Waals surface area contributed by atoms with Gasteiger partial charge in [0.15, 0.2) is 9.84 Å². The first kappa shape index (κ1) is 10.8. The van der Waals surface area contributed by atoms with Crippen molar-refractivity contribution in [3.8, 4) is 5.75 Å². The molecule has 0 amide bonds. The molecule has 3 nitrogen and oxygen atoms in total. The van der Waals surface area contributed by atoms with Crippen LogP contribution in [0.1, 0.15) is 5.56 Å². The number of sulfone groups is 1. The number of rotatable bonds is 3. The van der Waals surface area contributed by atoms with E-state index in [-0.39, 0.29) is 4.90 Å². The maximum atomic E-state index is 11.5. The summed E-state index contributed by atoms with van der Waals surface area (Å²) in [5.41, 5.74) is 0.686. The van der Waals surface area contributed by atoms with E-state index < -0.39 is 9.84 Å². The maximum Gasteiger partial charge on any atom is 0.199 e. The van der Waals surface area contributed by atoms with E-state index in [2.05, 4.69) is 6.58 Å². The first-order valence-electron chi connectivity index (χ1n) is 4.03. The minimum atomic E-state index is -3.38. The lowest BCUT2D eigenvalue weighted by Gasteiger charge is -2.06. The van der Waals surface area contributed by atoms with Gasteiger partial charge >= 0.3 is 0 Å². The summed E-state index contributed by atoms with van der Waals surface area (Å²) in [7, 11) is -1.88. The highest BCUT2D eigenvalue weighted by molar-refractivity contribution is 7.94. The summed E-state index contributed by atoms with van der Waals surface area (Å²) in [4.78, 5) is 0.242. The molecule has 1 rings (SSSR count). The number of methoxy groups -OCH3 is 1. The van der Waals surface area contributed by atoms with Gasteiger partial charge in [0.1, 0.15) is 5.75 Å². The fraction of sp³-hybridized carbons (Fsp3) is 0.200. The molecule has 1 aromatic rings. The molecule has 0 aliphatic carbocycles. The molecule has 0 N–H and O–H groups in total. The van der Waals surface area contributed by atoms with E-state index >= 15 is 0 Å². The van der Waals surface area contributed by atoms with E-state index in [0.717, 1.165) is 5.41 Å². The smallest absolute Gasteiger partial charge is 0.199 e. The van der Waals surface area contributed by atoms with Gasteiger partial charge in [0, 0.05) is 5.41 Å². The molecule has 0 bridgehead atoms. The molecule has 0 aromatic heterocycles. The van der Waals surface area contributed by atoms with E-state index in [9.17, 15) is 8.42 Å². The summed E-state index contributed by atoms with van der Waals surface area (Å²) in [6.45, 7) is 5.01. The molecular weight excluding hydrogens is 200 g/mol. The first-order chi connectivity index (χ1) is 6.51. The van der Waals surface area contributed by atoms with Crippen LogP contribution in [0.4, 0.5) is 0 Å². The van der Waals surface area contributed by atoms with Crippen molar-refractivity contribution < 1.29 is 13.2 Å². The molecule has 0 aliphatic rings. The number of aryl methyl sites for hydroxylation is 1. The van der Waals surface area contributed by atoms with E-state index in [1.54, 1.807) is 19.1 Å². The predicted octanol–water partition coefficient (Wildman–Crippen LogP) is 1.92. The molecule has 0 aliphatic heterocycles. The van der Waals surface area contributed by atoms with Crippen LogP contribution in [-0.4, -0.2) is 15.5 Å². The molecule has 1 aromatic carbocycles. The van der Waals surface area contributed by atoms with E-state index in [0.29, 0.717) is 11.3 Å². The Hall–Kier alpha value is -1.29. The van der Waals surface area contributed by atoms with Crippen molar-refractivity contribution in [1.82, 2.24) is 0 Å². The molecule has 4 heteroatoms. The number of benzene rings is 1. The molecule has 0 fully saturated rings. The van der Waals surface area contributed by atoms with E-state index in [1.807, 2.05) is 0 Å². The van der Waals surface area contributed by atoms with Gasteiger partial charge in [0.2, 0.25) is 0 Å². The topological polar surface area (TPSA) is 43.4 Å². The second-order valence-corrected chi connectivity index (χ2v) is 4.71. The van der Waals surface area contributed by atoms with Crippen molar-refractivity contribution in [2.75, 3.05) is 7.11 Å². The third-order valence-electron chi connectivity index (χ3n) is 1.92. The highest BCUT2D eigenvalue weighted by Crippen LogP contribution is 2.22. The second-order valence-electron chi connectivity index (χ2n) is 2.84. The fourth-order valence-electron chi connectivity index (χ4n) is 1.10. The Bertz CT molecular complexity index is 446. The highest BCUT2D eigenvalue weighted by Gasteiger charge is 2.13. The van der Waals surface area contributed by atoms with Crippen molar-refractivity contribution >= 4 is 9.84 Å². The monoisotopic (exact) mass is 212 g/mol. The lowest BCUT2D eigenvalue weighted by atomic mass is 10.2. The van der Waals surface area contributed by atoms with Crippen LogP contribution >= 0.6 is 0 Å². The Balaban J connectivity index is 3.40. The van der Waals surface area contributed by atoms with Gasteiger partial charge in [-0.05, 0) is 24.6 Å². The van der Waals surface area contributed by atoms with Crippen LogP contribution < -0.4 is 4.74 Å². The van der Waals surface area contributed by atoms with Crippen molar-refractivity contribution in [2.45, 2.75) is 11.8 Å². The minimum absolute atomic E-state index is 0.242. The van der Waals surface area contributed by atoms with Crippen molar-refractivity contribution in [1.29, 1.82) is 0 Å². The lowest BCUT2D eigenvalue weighted by Crippen LogP contribution is -1.99. The zero-order valence-electron chi connectivity index (χ0n) is 8.15. The van der Waals surface area contributed by atoms with Crippen LogP contribution in [0.3, 0.4) is 0 Å². The summed E-state index contributed by atoms with van der Waals surface area (Å²) >= 11 is 0. The molecule has 0 atom stereocenters. The third kappa shape index (κ3) is 1.96. The standard InChI is InChI=1S/C10H12O3S/c1-4-14(11,12)10-7-9(13-3)6-5-8(10)2/h4-7H,1H2,2-3H3. The summed E-state index contributed by atoms with van der Waals surface area (Å²) < 4.78 is 28.0. The van der Waals surface area contributed by atoms with Crippen LogP contribution in [0.2, 0.25) is 0 Å². The Morgan fingerprint density at radius 3 is 2.57 bits per heavy atom. The Kier molecular flexibility index (Phi) is 2.96. The van der Waals surface area contributed by atoms with Crippen LogP contribution in [0.15, 0.2) is 35.1 Å². The van der Waals surface area contributed by atoms with Crippen molar-refractivity contribution in [2.24, 2.45) is 0 Å². The summed E-state index contributed by atoms with van der Waals surface area (Å²) in [5, 5.41) is 0.939. The maximum absolute atomic E-state index is 11.5. The minimum Gasteiger partial charge on any atom is -0.497 e. The number of hydrogen-bond donors (Lipinski definition) is 0. The summed E-state index contributed by atoms with van der Waals surface area (Å²) in [6.07, 6.45) is 0. The molecule has 0 saturated carbocycles. The van der Waals surface area contributed by atoms with Gasteiger partial charge in [-0.25, -0.2) is 8.42 Å². The number of hydrogen-bond acceptors (Lipinski definition) is 3. The molecule has 0 spiro atoms. The Morgan fingerprint density at radius 2 is 2.07 bits per heavy atom. The first-order valence-corrected chi connectivity index (χ1v) is 5.58. The van der Waals surface area contributed by atoms with E-state index in [4.69, 9.17) is 4.74 Å². The molecule has 0 saturated heterocycles. The lowest BCUT2D eigenvalue weighted by molar-refractivity contribution is 0.413. The van der Waals surface area contributed by atoms with Gasteiger partial charge in [-0.2, -0.15) is 0 Å². The van der Waals surface area contributed by atoms with Crippen molar-refractivity contribution in [3.05, 3.63) is 35.7 Å². The van der Waals surface area contributed by atoms with Gasteiger partial charge < -0.3 is 4.74 Å². The molecule has 0 radical (unpaired) electrons. The zero-order valence-corrected chi connectivity index (χ0v) is 8.97. The predicted molar refractivity (Wildman–Crippen MR) is 55.1 cm³/mol. The SMILES string of the molecule is C=CS(=O)(=O)c1cc(OC)ccc1C. The van der Waals surface area contributed by atoms with E-state index in [1.165, 1.54) is 13.2 Å². The molecule has 76 valence electrons. The quantitative estimate of drug-likeness (QED) is 0.768. The van der Waals surface area contributed by atoms with Crippen LogP contribution in [0.5, 0.6) is 5.75 Å². The average Bonchev–Trinajstić information content (AvgIpc) is 2.18. The fourth-order valence-corrected chi connectivity index (χ4v) is 2.08. The molecule has 0 unspecified atom stereocenters. The Labute approximate surface area is 83.9 Å². The average molecular weight is 212 g/mol. The molecular formula is C10H12O3S. The van der Waals surface area contributed by atoms with Gasteiger partial charge in [0.25, 0.3) is 0 Å². The van der Waals surface area contributed by atoms with Crippen LogP contribution in [0, 0.1) is 6.92 Å². The van der Waals surface area contributed by atoms with Crippen LogP contribution in [-0.2, 0) is 9.84 Å². The highest BCUT2D eigenvalue weighted by atomic mass is 32.2. The van der Waals surface area contributed by atoms with Gasteiger partial charge in [-0.1, -0.05) is 12.6 Å².